The minimum Gasteiger partial charge on any atom is -0.497 e. The zero-order chi connectivity index (χ0) is 25.8. The predicted octanol–water partition coefficient (Wildman–Crippen LogP) is 1.55. The SMILES string of the molecule is COc1cc(C#Cc2cn(N3CCCC3C(=O)N(C)CCN(C)C)c3ncnc(N)c23)cc(OC)c1. The van der Waals surface area contributed by atoms with Crippen LogP contribution in [0.2, 0.25) is 0 Å². The fourth-order valence-corrected chi connectivity index (χ4v) is 4.35. The number of aromatic nitrogens is 3. The van der Waals surface area contributed by atoms with Gasteiger partial charge in [0.05, 0.1) is 25.2 Å². The van der Waals surface area contributed by atoms with Crippen molar-refractivity contribution in [2.75, 3.05) is 65.7 Å². The van der Waals surface area contributed by atoms with Gasteiger partial charge in [0.2, 0.25) is 5.91 Å². The summed E-state index contributed by atoms with van der Waals surface area (Å²) < 4.78 is 12.6. The minimum absolute atomic E-state index is 0.0920. The van der Waals surface area contributed by atoms with Crippen molar-refractivity contribution in [3.05, 3.63) is 41.9 Å². The topological polar surface area (TPSA) is 102 Å². The van der Waals surface area contributed by atoms with Crippen molar-refractivity contribution in [2.24, 2.45) is 0 Å². The number of carbonyl (C=O) groups excluding carboxylic acids is 1. The molecule has 0 bridgehead atoms. The van der Waals surface area contributed by atoms with Crippen LogP contribution in [0.3, 0.4) is 0 Å². The largest absolute Gasteiger partial charge is 0.497 e. The summed E-state index contributed by atoms with van der Waals surface area (Å²) in [6, 6.07) is 5.19. The summed E-state index contributed by atoms with van der Waals surface area (Å²) >= 11 is 0. The van der Waals surface area contributed by atoms with Crippen LogP contribution in [-0.2, 0) is 4.79 Å². The van der Waals surface area contributed by atoms with Crippen LogP contribution in [0.1, 0.15) is 24.0 Å². The van der Waals surface area contributed by atoms with E-state index in [0.29, 0.717) is 40.5 Å². The first-order chi connectivity index (χ1) is 17.3. The van der Waals surface area contributed by atoms with Gasteiger partial charge in [-0.2, -0.15) is 0 Å². The lowest BCUT2D eigenvalue weighted by atomic mass is 10.1. The molecule has 1 aliphatic rings. The molecule has 0 spiro atoms. The van der Waals surface area contributed by atoms with Gasteiger partial charge in [-0.3, -0.25) is 9.80 Å². The molecular weight excluding hydrogens is 458 g/mol. The molecule has 10 nitrogen and oxygen atoms in total. The third kappa shape index (κ3) is 5.16. The standard InChI is InChI=1S/C26H33N7O3/c1-30(2)11-12-31(3)26(34)22-7-6-10-32(22)33-16-19(23-24(27)28-17-29-25(23)33)9-8-18-13-20(35-4)15-21(14-18)36-5/h13-17,22H,6-7,10-12H2,1-5H3,(H2,27,28,29). The van der Waals surface area contributed by atoms with E-state index in [2.05, 4.69) is 31.7 Å². The van der Waals surface area contributed by atoms with E-state index >= 15 is 0 Å². The summed E-state index contributed by atoms with van der Waals surface area (Å²) in [6.45, 7) is 2.20. The van der Waals surface area contributed by atoms with Crippen LogP contribution in [0.15, 0.2) is 30.7 Å². The minimum atomic E-state index is -0.285. The fourth-order valence-electron chi connectivity index (χ4n) is 4.35. The summed E-state index contributed by atoms with van der Waals surface area (Å²) in [4.78, 5) is 25.9. The number of ether oxygens (including phenoxy) is 2. The molecule has 10 heteroatoms. The van der Waals surface area contributed by atoms with Gasteiger partial charge >= 0.3 is 0 Å². The summed E-state index contributed by atoms with van der Waals surface area (Å²) in [5, 5.41) is 2.72. The zero-order valence-corrected chi connectivity index (χ0v) is 21.5. The Hall–Kier alpha value is -3.97. The lowest BCUT2D eigenvalue weighted by Crippen LogP contribution is -2.49. The molecule has 0 saturated carbocycles. The molecule has 3 heterocycles. The number of hydrogen-bond donors (Lipinski definition) is 1. The summed E-state index contributed by atoms with van der Waals surface area (Å²) in [5.41, 5.74) is 8.32. The Morgan fingerprint density at radius 2 is 1.83 bits per heavy atom. The van der Waals surface area contributed by atoms with E-state index in [0.717, 1.165) is 31.5 Å². The highest BCUT2D eigenvalue weighted by molar-refractivity contribution is 5.93. The first-order valence-electron chi connectivity index (χ1n) is 11.9. The molecule has 1 aromatic carbocycles. The number of rotatable bonds is 7. The van der Waals surface area contributed by atoms with Crippen LogP contribution in [-0.4, -0.2) is 91.4 Å². The summed E-state index contributed by atoms with van der Waals surface area (Å²) in [6.07, 6.45) is 5.01. The number of anilines is 1. The van der Waals surface area contributed by atoms with E-state index in [1.807, 2.05) is 44.1 Å². The van der Waals surface area contributed by atoms with E-state index in [1.165, 1.54) is 6.33 Å². The van der Waals surface area contributed by atoms with Crippen molar-refractivity contribution in [1.29, 1.82) is 0 Å². The molecule has 36 heavy (non-hydrogen) atoms. The van der Waals surface area contributed by atoms with E-state index in [1.54, 1.807) is 25.2 Å². The van der Waals surface area contributed by atoms with E-state index in [-0.39, 0.29) is 11.9 Å². The second-order valence-electron chi connectivity index (χ2n) is 9.08. The fraction of sp³-hybridized carbons (Fsp3) is 0.423. The van der Waals surface area contributed by atoms with Gasteiger partial charge in [0.25, 0.3) is 0 Å². The monoisotopic (exact) mass is 491 g/mol. The Bertz CT molecular complexity index is 1290. The maximum absolute atomic E-state index is 13.3. The highest BCUT2D eigenvalue weighted by Gasteiger charge is 2.34. The number of methoxy groups -OCH3 is 2. The van der Waals surface area contributed by atoms with Crippen molar-refractivity contribution in [3.8, 4) is 23.3 Å². The third-order valence-corrected chi connectivity index (χ3v) is 6.33. The molecule has 0 aliphatic carbocycles. The Kier molecular flexibility index (Phi) is 7.50. The molecule has 1 unspecified atom stereocenters. The van der Waals surface area contributed by atoms with E-state index < -0.39 is 0 Å². The van der Waals surface area contributed by atoms with Crippen LogP contribution in [0.25, 0.3) is 11.0 Å². The maximum Gasteiger partial charge on any atom is 0.246 e. The van der Waals surface area contributed by atoms with Crippen LogP contribution in [0.4, 0.5) is 5.82 Å². The number of likely N-dealkylation sites (N-methyl/N-ethyl adjacent to an activating group) is 2. The van der Waals surface area contributed by atoms with Crippen LogP contribution < -0.4 is 20.2 Å². The van der Waals surface area contributed by atoms with Crippen molar-refractivity contribution in [1.82, 2.24) is 24.4 Å². The van der Waals surface area contributed by atoms with Gasteiger partial charge in [0, 0.05) is 44.5 Å². The third-order valence-electron chi connectivity index (χ3n) is 6.33. The number of carbonyl (C=O) groups is 1. The van der Waals surface area contributed by atoms with Crippen molar-refractivity contribution < 1.29 is 14.3 Å². The summed E-state index contributed by atoms with van der Waals surface area (Å²) in [7, 11) is 9.06. The number of amides is 1. The lowest BCUT2D eigenvalue weighted by molar-refractivity contribution is -0.131. The van der Waals surface area contributed by atoms with Gasteiger partial charge in [-0.25, -0.2) is 14.6 Å². The molecule has 0 radical (unpaired) electrons. The molecule has 1 fully saturated rings. The number of nitrogens with two attached hydrogens (primary N) is 1. The second kappa shape index (κ2) is 10.7. The smallest absolute Gasteiger partial charge is 0.246 e. The molecule has 190 valence electrons. The quantitative estimate of drug-likeness (QED) is 0.497. The maximum atomic E-state index is 13.3. The molecular formula is C26H33N7O3. The van der Waals surface area contributed by atoms with Crippen LogP contribution in [0.5, 0.6) is 11.5 Å². The van der Waals surface area contributed by atoms with Gasteiger partial charge in [0.15, 0.2) is 5.65 Å². The first kappa shape index (κ1) is 25.1. The van der Waals surface area contributed by atoms with Crippen LogP contribution >= 0.6 is 0 Å². The molecule has 1 amide bonds. The number of benzene rings is 1. The van der Waals surface area contributed by atoms with Crippen molar-refractivity contribution in [2.45, 2.75) is 18.9 Å². The molecule has 1 saturated heterocycles. The molecule has 3 aromatic rings. The number of fused-ring (bicyclic) bond motifs is 1. The van der Waals surface area contributed by atoms with E-state index in [9.17, 15) is 4.79 Å². The van der Waals surface area contributed by atoms with Gasteiger partial charge < -0.3 is 25.0 Å². The van der Waals surface area contributed by atoms with E-state index in [4.69, 9.17) is 15.2 Å². The zero-order valence-electron chi connectivity index (χ0n) is 21.5. The lowest BCUT2D eigenvalue weighted by Gasteiger charge is -2.30. The Morgan fingerprint density at radius 3 is 2.50 bits per heavy atom. The predicted molar refractivity (Wildman–Crippen MR) is 140 cm³/mol. The molecule has 4 rings (SSSR count). The molecule has 2 N–H and O–H groups in total. The number of nitrogens with zero attached hydrogens (tertiary/aromatic N) is 6. The highest BCUT2D eigenvalue weighted by atomic mass is 16.5. The molecule has 2 aromatic heterocycles. The van der Waals surface area contributed by atoms with Gasteiger partial charge in [-0.15, -0.1) is 0 Å². The second-order valence-corrected chi connectivity index (χ2v) is 9.08. The number of hydrogen-bond acceptors (Lipinski definition) is 8. The summed E-state index contributed by atoms with van der Waals surface area (Å²) in [5.74, 6) is 8.14. The van der Waals surface area contributed by atoms with Crippen molar-refractivity contribution in [3.63, 3.8) is 0 Å². The first-order valence-corrected chi connectivity index (χ1v) is 11.9. The highest BCUT2D eigenvalue weighted by Crippen LogP contribution is 2.28. The average Bonchev–Trinajstić information content (AvgIpc) is 3.50. The van der Waals surface area contributed by atoms with Gasteiger partial charge in [-0.05, 0) is 39.1 Å². The average molecular weight is 492 g/mol. The van der Waals surface area contributed by atoms with Crippen molar-refractivity contribution >= 4 is 22.8 Å². The van der Waals surface area contributed by atoms with Gasteiger partial charge in [-0.1, -0.05) is 11.8 Å². The number of nitrogen functional groups attached to an aromatic ring is 1. The van der Waals surface area contributed by atoms with Gasteiger partial charge in [0.1, 0.15) is 29.7 Å². The Morgan fingerprint density at radius 1 is 1.11 bits per heavy atom. The molecule has 1 atom stereocenters. The Balaban J connectivity index is 1.71. The molecule has 1 aliphatic heterocycles. The van der Waals surface area contributed by atoms with Crippen LogP contribution in [0, 0.1) is 11.8 Å². The Labute approximate surface area is 211 Å². The normalized spacial score (nSPS) is 15.2.